The molecule has 4 heteroatoms. The number of rotatable bonds is 12. The number of esters is 2. The zero-order chi connectivity index (χ0) is 37.6. The van der Waals surface area contributed by atoms with Crippen molar-refractivity contribution in [1.82, 2.24) is 0 Å². The van der Waals surface area contributed by atoms with Crippen LogP contribution in [0.1, 0.15) is 85.8 Å². The van der Waals surface area contributed by atoms with Crippen molar-refractivity contribution in [1.29, 1.82) is 0 Å². The van der Waals surface area contributed by atoms with Gasteiger partial charge in [0.15, 0.2) is 0 Å². The lowest BCUT2D eigenvalue weighted by Gasteiger charge is -2.47. The van der Waals surface area contributed by atoms with Crippen molar-refractivity contribution >= 4 is 11.9 Å². The molecule has 0 bridgehead atoms. The van der Waals surface area contributed by atoms with E-state index in [1.165, 1.54) is 66.8 Å². The number of hydrogen-bond donors (Lipinski definition) is 0. The molecule has 4 nitrogen and oxygen atoms in total. The van der Waals surface area contributed by atoms with Gasteiger partial charge in [-0.2, -0.15) is 0 Å². The van der Waals surface area contributed by atoms with Crippen LogP contribution in [0.5, 0.6) is 0 Å². The topological polar surface area (TPSA) is 52.6 Å². The van der Waals surface area contributed by atoms with Crippen LogP contribution in [0.2, 0.25) is 0 Å². The van der Waals surface area contributed by atoms with Crippen molar-refractivity contribution in [2.75, 3.05) is 13.2 Å². The Labute approximate surface area is 324 Å². The third-order valence-electron chi connectivity index (χ3n) is 12.9. The van der Waals surface area contributed by atoms with Gasteiger partial charge in [0.2, 0.25) is 0 Å². The van der Waals surface area contributed by atoms with Crippen LogP contribution >= 0.6 is 0 Å². The molecule has 0 N–H and O–H groups in total. The smallest absolute Gasteiger partial charge is 0.305 e. The van der Waals surface area contributed by atoms with Crippen molar-refractivity contribution in [3.05, 3.63) is 179 Å². The third-order valence-corrected chi connectivity index (χ3v) is 12.9. The zero-order valence-electron chi connectivity index (χ0n) is 31.6. The quantitative estimate of drug-likeness (QED) is 0.118. The first-order chi connectivity index (χ1) is 27.0. The fourth-order valence-electron chi connectivity index (χ4n) is 10.9. The summed E-state index contributed by atoms with van der Waals surface area (Å²) in [6, 6.07) is 53.2. The minimum atomic E-state index is -0.536. The molecule has 0 unspecified atom stereocenters. The molecule has 6 aromatic rings. The lowest BCUT2D eigenvalue weighted by atomic mass is 9.55. The largest absolute Gasteiger partial charge is 0.466 e. The van der Waals surface area contributed by atoms with Gasteiger partial charge in [0.25, 0.3) is 0 Å². The molecular formula is C51H46O4. The van der Waals surface area contributed by atoms with E-state index in [1.54, 1.807) is 0 Å². The van der Waals surface area contributed by atoms with E-state index in [2.05, 4.69) is 146 Å². The second kappa shape index (κ2) is 13.8. The summed E-state index contributed by atoms with van der Waals surface area (Å²) >= 11 is 0. The predicted molar refractivity (Wildman–Crippen MR) is 219 cm³/mol. The summed E-state index contributed by atoms with van der Waals surface area (Å²) in [6.07, 6.45) is 3.27. The Morgan fingerprint density at radius 2 is 0.618 bits per heavy atom. The molecule has 0 saturated heterocycles. The molecule has 0 atom stereocenters. The number of hydrogen-bond acceptors (Lipinski definition) is 4. The molecule has 0 aliphatic heterocycles. The summed E-state index contributed by atoms with van der Waals surface area (Å²) in [7, 11) is 0. The fraction of sp³-hybridized carbons (Fsp3) is 0.255. The van der Waals surface area contributed by atoms with Gasteiger partial charge in [-0.05, 0) is 106 Å². The summed E-state index contributed by atoms with van der Waals surface area (Å²) in [4.78, 5) is 26.8. The Morgan fingerprint density at radius 3 is 0.873 bits per heavy atom. The molecule has 0 amide bonds. The van der Waals surface area contributed by atoms with Crippen LogP contribution in [0.15, 0.2) is 146 Å². The molecule has 3 aliphatic carbocycles. The van der Waals surface area contributed by atoms with Crippen molar-refractivity contribution in [3.8, 4) is 33.4 Å². The summed E-state index contributed by atoms with van der Waals surface area (Å²) in [5, 5.41) is 0. The maximum absolute atomic E-state index is 13.4. The molecule has 6 aromatic carbocycles. The lowest BCUT2D eigenvalue weighted by molar-refractivity contribution is -0.144. The average Bonchev–Trinajstić information content (AvgIpc) is 3.77. The van der Waals surface area contributed by atoms with Gasteiger partial charge in [0.05, 0.1) is 13.2 Å². The Morgan fingerprint density at radius 1 is 0.382 bits per heavy atom. The minimum Gasteiger partial charge on any atom is -0.466 e. The summed E-state index contributed by atoms with van der Waals surface area (Å²) < 4.78 is 11.2. The normalized spacial score (nSPS) is 15.5. The maximum Gasteiger partial charge on any atom is 0.305 e. The highest BCUT2D eigenvalue weighted by Crippen LogP contribution is 2.66. The van der Waals surface area contributed by atoms with Crippen LogP contribution < -0.4 is 0 Å². The molecule has 0 spiro atoms. The van der Waals surface area contributed by atoms with Gasteiger partial charge in [-0.15, -0.1) is 0 Å². The van der Waals surface area contributed by atoms with Crippen LogP contribution in [0.4, 0.5) is 0 Å². The molecule has 274 valence electrons. The first-order valence-electron chi connectivity index (χ1n) is 19.9. The standard InChI is InChI=1S/C51H46O4/c1-3-54-47(52)29-31-49(41-23-11-5-17-35(41)36-18-6-12-24-42(36)49)33-51(45-27-15-9-21-39(45)40-22-10-16-28-46(40)51)34-50(32-30-48(53)55-4-2)43-25-13-7-19-37(43)38-20-8-14-26-44(38)50/h5-28H,3-4,29-34H2,1-2H3. The van der Waals surface area contributed by atoms with Crippen LogP contribution in [-0.4, -0.2) is 25.2 Å². The van der Waals surface area contributed by atoms with Crippen LogP contribution in [-0.2, 0) is 35.3 Å². The number of benzene rings is 6. The van der Waals surface area contributed by atoms with E-state index < -0.39 is 16.2 Å². The number of carbonyl (C=O) groups is 2. The highest BCUT2D eigenvalue weighted by atomic mass is 16.5. The molecule has 0 aromatic heterocycles. The molecule has 0 heterocycles. The van der Waals surface area contributed by atoms with Crippen LogP contribution in [0, 0.1) is 0 Å². The van der Waals surface area contributed by atoms with Gasteiger partial charge in [-0.1, -0.05) is 146 Å². The molecule has 0 radical (unpaired) electrons. The molecule has 55 heavy (non-hydrogen) atoms. The fourth-order valence-corrected chi connectivity index (χ4v) is 10.9. The van der Waals surface area contributed by atoms with Crippen molar-refractivity contribution < 1.29 is 19.1 Å². The van der Waals surface area contributed by atoms with Gasteiger partial charge in [0.1, 0.15) is 0 Å². The molecule has 0 fully saturated rings. The molecule has 0 saturated carbocycles. The van der Waals surface area contributed by atoms with Crippen molar-refractivity contribution in [2.24, 2.45) is 0 Å². The highest BCUT2D eigenvalue weighted by molar-refractivity contribution is 5.87. The number of fused-ring (bicyclic) bond motifs is 9. The molecular weight excluding hydrogens is 677 g/mol. The third kappa shape index (κ3) is 5.40. The van der Waals surface area contributed by atoms with E-state index in [9.17, 15) is 9.59 Å². The monoisotopic (exact) mass is 722 g/mol. The van der Waals surface area contributed by atoms with E-state index in [0.29, 0.717) is 38.9 Å². The second-order valence-corrected chi connectivity index (χ2v) is 15.5. The summed E-state index contributed by atoms with van der Waals surface area (Å²) in [5.74, 6) is -0.343. The minimum absolute atomic E-state index is 0.172. The first kappa shape index (κ1) is 35.0. The Balaban J connectivity index is 1.34. The van der Waals surface area contributed by atoms with E-state index in [1.807, 2.05) is 13.8 Å². The number of ether oxygens (including phenoxy) is 2. The zero-order valence-corrected chi connectivity index (χ0v) is 31.6. The van der Waals surface area contributed by atoms with Gasteiger partial charge >= 0.3 is 11.9 Å². The first-order valence-corrected chi connectivity index (χ1v) is 19.9. The Bertz CT molecular complexity index is 2180. The van der Waals surface area contributed by atoms with E-state index in [4.69, 9.17) is 9.47 Å². The highest BCUT2D eigenvalue weighted by Gasteiger charge is 2.57. The van der Waals surface area contributed by atoms with Crippen LogP contribution in [0.25, 0.3) is 33.4 Å². The van der Waals surface area contributed by atoms with Crippen molar-refractivity contribution in [2.45, 2.75) is 68.6 Å². The molecule has 9 rings (SSSR count). The Kier molecular flexibility index (Phi) is 8.80. The molecule has 3 aliphatic rings. The summed E-state index contributed by atoms with van der Waals surface area (Å²) in [5.41, 5.74) is 13.5. The van der Waals surface area contributed by atoms with Gasteiger partial charge in [-0.25, -0.2) is 0 Å². The predicted octanol–water partition coefficient (Wildman–Crippen LogP) is 11.4. The Hall–Kier alpha value is -5.74. The van der Waals surface area contributed by atoms with E-state index in [-0.39, 0.29) is 11.9 Å². The lowest BCUT2D eigenvalue weighted by Crippen LogP contribution is -2.43. The van der Waals surface area contributed by atoms with Gasteiger partial charge < -0.3 is 9.47 Å². The maximum atomic E-state index is 13.4. The SMILES string of the molecule is CCOC(=O)CCC1(CC2(CC3(CCC(=O)OCC)c4ccccc4-c4ccccc43)c3ccccc3-c3ccccc32)c2ccccc2-c2ccccc21. The summed E-state index contributed by atoms with van der Waals surface area (Å²) in [6.45, 7) is 4.46. The van der Waals surface area contributed by atoms with E-state index in [0.717, 1.165) is 12.8 Å². The van der Waals surface area contributed by atoms with Gasteiger partial charge in [0, 0.05) is 29.1 Å². The second-order valence-electron chi connectivity index (χ2n) is 15.5. The van der Waals surface area contributed by atoms with Gasteiger partial charge in [-0.3, -0.25) is 9.59 Å². The number of carbonyl (C=O) groups excluding carboxylic acids is 2. The van der Waals surface area contributed by atoms with Crippen LogP contribution in [0.3, 0.4) is 0 Å². The van der Waals surface area contributed by atoms with E-state index >= 15 is 0 Å². The average molecular weight is 723 g/mol. The van der Waals surface area contributed by atoms with Crippen molar-refractivity contribution in [3.63, 3.8) is 0 Å².